The van der Waals surface area contributed by atoms with Crippen LogP contribution < -0.4 is 0 Å². The van der Waals surface area contributed by atoms with Crippen molar-refractivity contribution >= 4 is 12.1 Å². The molecule has 6 nitrogen and oxygen atoms in total. The highest BCUT2D eigenvalue weighted by atomic mass is 16.6. The second kappa shape index (κ2) is 6.92. The molecule has 1 rings (SSSR count). The van der Waals surface area contributed by atoms with Crippen LogP contribution in [0, 0.1) is 0 Å². The van der Waals surface area contributed by atoms with Gasteiger partial charge in [-0.25, -0.2) is 4.79 Å². The first kappa shape index (κ1) is 16.8. The Morgan fingerprint density at radius 1 is 1.40 bits per heavy atom. The molecule has 1 amide bonds. The standard InChI is InChI=1S/C14H26N2O4/c1-5-16(13(19)20-14(2,3)4)11-7-6-8-15(9-11)10-12(17)18/h11H,5-10H2,1-4H3,(H,17,18)/t11-/m1/s1. The van der Waals surface area contributed by atoms with Gasteiger partial charge in [0.1, 0.15) is 5.60 Å². The third-order valence-electron chi connectivity index (χ3n) is 3.25. The average molecular weight is 286 g/mol. The topological polar surface area (TPSA) is 70.1 Å². The van der Waals surface area contributed by atoms with Crippen LogP contribution in [0.5, 0.6) is 0 Å². The Morgan fingerprint density at radius 3 is 2.55 bits per heavy atom. The van der Waals surface area contributed by atoms with E-state index in [9.17, 15) is 9.59 Å². The Bertz CT molecular complexity index is 352. The van der Waals surface area contributed by atoms with Crippen LogP contribution >= 0.6 is 0 Å². The van der Waals surface area contributed by atoms with Gasteiger partial charge in [-0.3, -0.25) is 9.69 Å². The highest BCUT2D eigenvalue weighted by molar-refractivity contribution is 5.69. The normalized spacial score (nSPS) is 20.5. The summed E-state index contributed by atoms with van der Waals surface area (Å²) in [6.07, 6.45) is 1.47. The first-order valence-corrected chi connectivity index (χ1v) is 7.16. The van der Waals surface area contributed by atoms with E-state index in [-0.39, 0.29) is 18.7 Å². The van der Waals surface area contributed by atoms with Gasteiger partial charge in [-0.1, -0.05) is 0 Å². The molecule has 1 aliphatic heterocycles. The van der Waals surface area contributed by atoms with Crippen LogP contribution in [0.2, 0.25) is 0 Å². The molecular formula is C14H26N2O4. The molecule has 0 radical (unpaired) electrons. The molecule has 0 bridgehead atoms. The number of aliphatic carboxylic acids is 1. The molecule has 0 aromatic rings. The third-order valence-corrected chi connectivity index (χ3v) is 3.25. The van der Waals surface area contributed by atoms with Crippen molar-refractivity contribution in [3.63, 3.8) is 0 Å². The Hall–Kier alpha value is -1.30. The summed E-state index contributed by atoms with van der Waals surface area (Å²) in [5.41, 5.74) is -0.514. The van der Waals surface area contributed by atoms with Gasteiger partial charge in [0.05, 0.1) is 6.54 Å². The first-order chi connectivity index (χ1) is 9.23. The Morgan fingerprint density at radius 2 is 2.05 bits per heavy atom. The summed E-state index contributed by atoms with van der Waals surface area (Å²) in [5.74, 6) is -0.828. The quantitative estimate of drug-likeness (QED) is 0.853. The second-order valence-electron chi connectivity index (χ2n) is 6.19. The zero-order valence-electron chi connectivity index (χ0n) is 12.9. The van der Waals surface area contributed by atoms with Gasteiger partial charge in [0, 0.05) is 19.1 Å². The highest BCUT2D eigenvalue weighted by Crippen LogP contribution is 2.18. The summed E-state index contributed by atoms with van der Waals surface area (Å²) in [6, 6.07) is 0.0305. The summed E-state index contributed by atoms with van der Waals surface area (Å²) in [5, 5.41) is 8.86. The maximum atomic E-state index is 12.2. The molecule has 20 heavy (non-hydrogen) atoms. The fraction of sp³-hybridized carbons (Fsp3) is 0.857. The first-order valence-electron chi connectivity index (χ1n) is 7.16. The number of carboxylic acids is 1. The molecule has 1 fully saturated rings. The van der Waals surface area contributed by atoms with E-state index >= 15 is 0 Å². The van der Waals surface area contributed by atoms with E-state index in [1.165, 1.54) is 0 Å². The van der Waals surface area contributed by atoms with E-state index in [1.807, 2.05) is 32.6 Å². The minimum Gasteiger partial charge on any atom is -0.480 e. The van der Waals surface area contributed by atoms with E-state index in [0.29, 0.717) is 13.1 Å². The number of rotatable bonds is 4. The number of nitrogens with zero attached hydrogens (tertiary/aromatic N) is 2. The van der Waals surface area contributed by atoms with Gasteiger partial charge in [0.2, 0.25) is 0 Å². The number of carbonyl (C=O) groups is 2. The van der Waals surface area contributed by atoms with Crippen molar-refractivity contribution in [3.8, 4) is 0 Å². The largest absolute Gasteiger partial charge is 0.480 e. The minimum absolute atomic E-state index is 0.0301. The predicted molar refractivity (Wildman–Crippen MR) is 75.7 cm³/mol. The average Bonchev–Trinajstić information content (AvgIpc) is 2.26. The predicted octanol–water partition coefficient (Wildman–Crippen LogP) is 1.79. The lowest BCUT2D eigenvalue weighted by molar-refractivity contribution is -0.138. The molecule has 0 aromatic carbocycles. The van der Waals surface area contributed by atoms with Crippen molar-refractivity contribution in [2.75, 3.05) is 26.2 Å². The lowest BCUT2D eigenvalue weighted by Crippen LogP contribution is -2.52. The summed E-state index contributed by atoms with van der Waals surface area (Å²) in [7, 11) is 0. The van der Waals surface area contributed by atoms with Crippen molar-refractivity contribution in [2.45, 2.75) is 52.2 Å². The van der Waals surface area contributed by atoms with Crippen LogP contribution in [0.3, 0.4) is 0 Å². The number of hydrogen-bond donors (Lipinski definition) is 1. The van der Waals surface area contributed by atoms with Gasteiger partial charge in [0.15, 0.2) is 0 Å². The van der Waals surface area contributed by atoms with E-state index < -0.39 is 11.6 Å². The fourth-order valence-electron chi connectivity index (χ4n) is 2.48. The zero-order chi connectivity index (χ0) is 15.3. The van der Waals surface area contributed by atoms with Crippen molar-refractivity contribution in [1.29, 1.82) is 0 Å². The van der Waals surface area contributed by atoms with Crippen molar-refractivity contribution in [1.82, 2.24) is 9.80 Å². The molecule has 0 aromatic heterocycles. The van der Waals surface area contributed by atoms with Crippen LogP contribution in [-0.2, 0) is 9.53 Å². The smallest absolute Gasteiger partial charge is 0.410 e. The van der Waals surface area contributed by atoms with Crippen LogP contribution in [0.25, 0.3) is 0 Å². The summed E-state index contributed by atoms with van der Waals surface area (Å²) in [6.45, 7) is 9.42. The van der Waals surface area contributed by atoms with Gasteiger partial charge in [-0.15, -0.1) is 0 Å². The number of amides is 1. The van der Waals surface area contributed by atoms with Crippen LogP contribution in [0.4, 0.5) is 4.79 Å². The molecule has 1 atom stereocenters. The molecule has 0 spiro atoms. The van der Waals surface area contributed by atoms with E-state index in [0.717, 1.165) is 19.4 Å². The van der Waals surface area contributed by atoms with Gasteiger partial charge in [-0.05, 0) is 47.1 Å². The SMILES string of the molecule is CCN(C(=O)OC(C)(C)C)[C@@H]1CCCN(CC(=O)O)C1. The molecule has 1 saturated heterocycles. The van der Waals surface area contributed by atoms with E-state index in [2.05, 4.69) is 0 Å². The molecule has 1 heterocycles. The number of hydrogen-bond acceptors (Lipinski definition) is 4. The molecular weight excluding hydrogens is 260 g/mol. The van der Waals surface area contributed by atoms with Gasteiger partial charge in [0.25, 0.3) is 0 Å². The number of carboxylic acid groups (broad SMARTS) is 1. The molecule has 0 aliphatic carbocycles. The number of ether oxygens (including phenoxy) is 1. The van der Waals surface area contributed by atoms with Crippen LogP contribution in [0.15, 0.2) is 0 Å². The lowest BCUT2D eigenvalue weighted by atomic mass is 10.0. The van der Waals surface area contributed by atoms with Crippen molar-refractivity contribution in [2.24, 2.45) is 0 Å². The van der Waals surface area contributed by atoms with E-state index in [1.54, 1.807) is 4.90 Å². The maximum Gasteiger partial charge on any atom is 0.410 e. The van der Waals surface area contributed by atoms with Crippen molar-refractivity contribution < 1.29 is 19.4 Å². The molecule has 116 valence electrons. The second-order valence-corrected chi connectivity index (χ2v) is 6.19. The molecule has 1 aliphatic rings. The highest BCUT2D eigenvalue weighted by Gasteiger charge is 2.31. The lowest BCUT2D eigenvalue weighted by Gasteiger charge is -2.38. The van der Waals surface area contributed by atoms with E-state index in [4.69, 9.17) is 9.84 Å². The van der Waals surface area contributed by atoms with Crippen LogP contribution in [-0.4, -0.2) is 64.8 Å². The third kappa shape index (κ3) is 5.36. The zero-order valence-corrected chi connectivity index (χ0v) is 12.9. The number of carbonyl (C=O) groups excluding carboxylic acids is 1. The van der Waals surface area contributed by atoms with Gasteiger partial charge in [-0.2, -0.15) is 0 Å². The minimum atomic E-state index is -0.828. The maximum absolute atomic E-state index is 12.2. The molecule has 0 saturated carbocycles. The summed E-state index contributed by atoms with van der Waals surface area (Å²) >= 11 is 0. The van der Waals surface area contributed by atoms with Crippen molar-refractivity contribution in [3.05, 3.63) is 0 Å². The summed E-state index contributed by atoms with van der Waals surface area (Å²) in [4.78, 5) is 26.6. The summed E-state index contributed by atoms with van der Waals surface area (Å²) < 4.78 is 5.41. The fourth-order valence-corrected chi connectivity index (χ4v) is 2.48. The van der Waals surface area contributed by atoms with Gasteiger partial charge < -0.3 is 14.7 Å². The van der Waals surface area contributed by atoms with Crippen LogP contribution in [0.1, 0.15) is 40.5 Å². The molecule has 1 N–H and O–H groups in total. The number of piperidine rings is 1. The number of likely N-dealkylation sites (N-methyl/N-ethyl adjacent to an activating group) is 1. The Balaban J connectivity index is 2.64. The number of likely N-dealkylation sites (tertiary alicyclic amines) is 1. The van der Waals surface area contributed by atoms with Gasteiger partial charge >= 0.3 is 12.1 Å². The molecule has 0 unspecified atom stereocenters. The Labute approximate surface area is 120 Å². The Kier molecular flexibility index (Phi) is 5.80. The molecule has 6 heteroatoms. The monoisotopic (exact) mass is 286 g/mol.